The molecule has 2 saturated carbocycles. The predicted molar refractivity (Wildman–Crippen MR) is 108 cm³/mol. The van der Waals surface area contributed by atoms with Gasteiger partial charge in [0.25, 0.3) is 11.8 Å². The lowest BCUT2D eigenvalue weighted by Gasteiger charge is -2.48. The summed E-state index contributed by atoms with van der Waals surface area (Å²) in [7, 11) is 0. The highest BCUT2D eigenvalue weighted by Crippen LogP contribution is 2.35. The molecule has 3 fully saturated rings. The quantitative estimate of drug-likeness (QED) is 0.670. The summed E-state index contributed by atoms with van der Waals surface area (Å²) in [4.78, 5) is 40.9. The highest BCUT2D eigenvalue weighted by Gasteiger charge is 2.43. The lowest BCUT2D eigenvalue weighted by Crippen LogP contribution is -2.62. The number of carbonyl (C=O) groups is 3. The molecule has 0 bridgehead atoms. The molecule has 1 aromatic rings. The average molecular weight is 400 g/mol. The van der Waals surface area contributed by atoms with Crippen LogP contribution < -0.4 is 16.0 Å². The van der Waals surface area contributed by atoms with E-state index in [1.165, 1.54) is 0 Å². The van der Waals surface area contributed by atoms with Crippen LogP contribution in [-0.4, -0.2) is 60.5 Å². The SMILES string of the molecule is NC(=O)[C@H](C(=O)Nc1ccc(N2CCOCC2=O)cc1)N(C1CCC1)C1CCC1. The van der Waals surface area contributed by atoms with E-state index in [0.717, 1.165) is 44.2 Å². The molecule has 1 aliphatic heterocycles. The van der Waals surface area contributed by atoms with Crippen molar-refractivity contribution in [3.63, 3.8) is 0 Å². The Kier molecular flexibility index (Phi) is 5.82. The molecule has 3 amide bonds. The number of nitrogens with one attached hydrogen (secondary N) is 1. The molecule has 1 saturated heterocycles. The lowest BCUT2D eigenvalue weighted by atomic mass is 9.83. The van der Waals surface area contributed by atoms with Gasteiger partial charge in [0.05, 0.1) is 6.61 Å². The van der Waals surface area contributed by atoms with E-state index < -0.39 is 11.9 Å². The summed E-state index contributed by atoms with van der Waals surface area (Å²) in [5.41, 5.74) is 7.00. The minimum absolute atomic E-state index is 0.0803. The number of nitrogens with two attached hydrogens (primary N) is 1. The van der Waals surface area contributed by atoms with Gasteiger partial charge in [-0.1, -0.05) is 12.8 Å². The molecular weight excluding hydrogens is 372 g/mol. The van der Waals surface area contributed by atoms with Crippen LogP contribution in [0.3, 0.4) is 0 Å². The zero-order chi connectivity index (χ0) is 20.4. The van der Waals surface area contributed by atoms with Gasteiger partial charge >= 0.3 is 0 Å². The second kappa shape index (κ2) is 8.51. The number of rotatable bonds is 7. The molecule has 0 spiro atoms. The Bertz CT molecular complexity index is 759. The maximum Gasteiger partial charge on any atom is 0.253 e. The molecule has 3 aliphatic rings. The first-order chi connectivity index (χ1) is 14.0. The van der Waals surface area contributed by atoms with Gasteiger partial charge in [-0.25, -0.2) is 0 Å². The van der Waals surface area contributed by atoms with Crippen molar-refractivity contribution in [2.45, 2.75) is 56.7 Å². The Morgan fingerprint density at radius 1 is 1.10 bits per heavy atom. The number of nitrogens with zero attached hydrogens (tertiary/aromatic N) is 2. The molecule has 2 aliphatic carbocycles. The van der Waals surface area contributed by atoms with Crippen molar-refractivity contribution in [1.82, 2.24) is 4.90 Å². The van der Waals surface area contributed by atoms with E-state index in [9.17, 15) is 14.4 Å². The minimum atomic E-state index is -0.953. The van der Waals surface area contributed by atoms with Crippen LogP contribution in [-0.2, 0) is 19.1 Å². The molecule has 0 unspecified atom stereocenters. The summed E-state index contributed by atoms with van der Waals surface area (Å²) in [6.07, 6.45) is 6.29. The molecule has 1 atom stereocenters. The standard InChI is InChI=1S/C21H28N4O4/c22-20(27)19(25(16-3-1-4-16)17-5-2-6-17)21(28)23-14-7-9-15(10-8-14)24-11-12-29-13-18(24)26/h7-10,16-17,19H,1-6,11-13H2,(H2,22,27)(H,23,28)/t19-/m1/s1. The Balaban J connectivity index is 1.46. The third-order valence-corrected chi connectivity index (χ3v) is 6.24. The van der Waals surface area contributed by atoms with E-state index in [4.69, 9.17) is 10.5 Å². The molecule has 0 aromatic heterocycles. The molecule has 156 valence electrons. The summed E-state index contributed by atoms with van der Waals surface area (Å²) in [6, 6.07) is 6.63. The van der Waals surface area contributed by atoms with Crippen LogP contribution in [0.2, 0.25) is 0 Å². The van der Waals surface area contributed by atoms with Crippen LogP contribution in [0.15, 0.2) is 24.3 Å². The highest BCUT2D eigenvalue weighted by molar-refractivity contribution is 6.09. The van der Waals surface area contributed by atoms with E-state index >= 15 is 0 Å². The maximum atomic E-state index is 13.0. The Labute approximate surface area is 170 Å². The smallest absolute Gasteiger partial charge is 0.253 e. The van der Waals surface area contributed by atoms with Crippen molar-refractivity contribution < 1.29 is 19.1 Å². The van der Waals surface area contributed by atoms with Crippen molar-refractivity contribution in [2.24, 2.45) is 5.73 Å². The second-order valence-corrected chi connectivity index (χ2v) is 8.06. The third-order valence-electron chi connectivity index (χ3n) is 6.24. The van der Waals surface area contributed by atoms with Crippen molar-refractivity contribution in [3.05, 3.63) is 24.3 Å². The van der Waals surface area contributed by atoms with E-state index in [1.54, 1.807) is 29.2 Å². The van der Waals surface area contributed by atoms with Gasteiger partial charge in [-0.05, 0) is 49.9 Å². The van der Waals surface area contributed by atoms with Gasteiger partial charge in [-0.3, -0.25) is 19.3 Å². The first-order valence-electron chi connectivity index (χ1n) is 10.4. The Hall–Kier alpha value is -2.45. The summed E-state index contributed by atoms with van der Waals surface area (Å²) < 4.78 is 5.15. The topological polar surface area (TPSA) is 105 Å². The highest BCUT2D eigenvalue weighted by atomic mass is 16.5. The Morgan fingerprint density at radius 3 is 2.21 bits per heavy atom. The molecule has 4 rings (SSSR count). The van der Waals surface area contributed by atoms with Crippen molar-refractivity contribution in [2.75, 3.05) is 30.0 Å². The van der Waals surface area contributed by atoms with Gasteiger partial charge in [0.15, 0.2) is 6.04 Å². The minimum Gasteiger partial charge on any atom is -0.370 e. The van der Waals surface area contributed by atoms with Gasteiger partial charge < -0.3 is 20.7 Å². The number of primary amides is 1. The molecule has 8 heteroatoms. The molecule has 3 N–H and O–H groups in total. The van der Waals surface area contributed by atoms with E-state index in [2.05, 4.69) is 10.2 Å². The van der Waals surface area contributed by atoms with Gasteiger partial charge in [0.2, 0.25) is 5.91 Å². The molecular formula is C21H28N4O4. The number of hydrogen-bond donors (Lipinski definition) is 2. The average Bonchev–Trinajstić information content (AvgIpc) is 2.60. The normalized spacial score (nSPS) is 21.4. The molecule has 29 heavy (non-hydrogen) atoms. The van der Waals surface area contributed by atoms with Gasteiger partial charge in [0.1, 0.15) is 6.61 Å². The van der Waals surface area contributed by atoms with Crippen LogP contribution in [0.25, 0.3) is 0 Å². The number of hydrogen-bond acceptors (Lipinski definition) is 5. The van der Waals surface area contributed by atoms with Gasteiger partial charge in [-0.2, -0.15) is 0 Å². The fraction of sp³-hybridized carbons (Fsp3) is 0.571. The molecule has 1 aromatic carbocycles. The molecule has 8 nitrogen and oxygen atoms in total. The number of ether oxygens (including phenoxy) is 1. The van der Waals surface area contributed by atoms with E-state index in [1.807, 2.05) is 0 Å². The van der Waals surface area contributed by atoms with Crippen LogP contribution in [0, 0.1) is 0 Å². The fourth-order valence-corrected chi connectivity index (χ4v) is 4.23. The summed E-state index contributed by atoms with van der Waals surface area (Å²) in [5.74, 6) is -1.07. The Morgan fingerprint density at radius 2 is 1.72 bits per heavy atom. The molecule has 0 radical (unpaired) electrons. The van der Waals surface area contributed by atoms with Crippen LogP contribution in [0.5, 0.6) is 0 Å². The van der Waals surface area contributed by atoms with Crippen molar-refractivity contribution in [1.29, 1.82) is 0 Å². The van der Waals surface area contributed by atoms with E-state index in [-0.39, 0.29) is 30.5 Å². The van der Waals surface area contributed by atoms with Gasteiger partial charge in [0, 0.05) is 30.0 Å². The fourth-order valence-electron chi connectivity index (χ4n) is 4.23. The zero-order valence-corrected chi connectivity index (χ0v) is 16.5. The molecule has 1 heterocycles. The zero-order valence-electron chi connectivity index (χ0n) is 16.5. The first kappa shape index (κ1) is 19.8. The first-order valence-corrected chi connectivity index (χ1v) is 10.4. The summed E-state index contributed by atoms with van der Waals surface area (Å²) in [5, 5.41) is 2.84. The summed E-state index contributed by atoms with van der Waals surface area (Å²) in [6.45, 7) is 1.09. The second-order valence-electron chi connectivity index (χ2n) is 8.06. The number of anilines is 2. The predicted octanol–water partition coefficient (Wildman–Crippen LogP) is 1.25. The van der Waals surface area contributed by atoms with Crippen molar-refractivity contribution in [3.8, 4) is 0 Å². The van der Waals surface area contributed by atoms with Crippen LogP contribution in [0.1, 0.15) is 38.5 Å². The maximum absolute atomic E-state index is 13.0. The monoisotopic (exact) mass is 400 g/mol. The van der Waals surface area contributed by atoms with Crippen LogP contribution in [0.4, 0.5) is 11.4 Å². The lowest BCUT2D eigenvalue weighted by molar-refractivity contribution is -0.138. The number of benzene rings is 1. The van der Waals surface area contributed by atoms with Crippen LogP contribution >= 0.6 is 0 Å². The van der Waals surface area contributed by atoms with Gasteiger partial charge in [-0.15, -0.1) is 0 Å². The number of morpholine rings is 1. The largest absolute Gasteiger partial charge is 0.370 e. The number of amides is 3. The van der Waals surface area contributed by atoms with Crippen molar-refractivity contribution >= 4 is 29.1 Å². The number of carbonyl (C=O) groups excluding carboxylic acids is 3. The summed E-state index contributed by atoms with van der Waals surface area (Å²) >= 11 is 0. The third kappa shape index (κ3) is 4.13. The van der Waals surface area contributed by atoms with E-state index in [0.29, 0.717) is 18.8 Å².